The van der Waals surface area contributed by atoms with Crippen molar-refractivity contribution in [2.75, 3.05) is 0 Å². The van der Waals surface area contributed by atoms with Gasteiger partial charge >= 0.3 is 0 Å². The number of fused-ring (bicyclic) bond motifs is 1. The van der Waals surface area contributed by atoms with Crippen LogP contribution in [0.5, 0.6) is 0 Å². The SMILES string of the molecule is O=C(NC1CCCC1)c1cc2ccc(Cl)cc2[nH]1. The molecule has 3 rings (SSSR count). The highest BCUT2D eigenvalue weighted by molar-refractivity contribution is 6.31. The summed E-state index contributed by atoms with van der Waals surface area (Å²) in [7, 11) is 0. The van der Waals surface area contributed by atoms with Crippen molar-refractivity contribution < 1.29 is 4.79 Å². The van der Waals surface area contributed by atoms with Gasteiger partial charge in [-0.3, -0.25) is 4.79 Å². The molecule has 1 fully saturated rings. The molecule has 0 spiro atoms. The first-order valence-electron chi connectivity index (χ1n) is 6.31. The summed E-state index contributed by atoms with van der Waals surface area (Å²) in [5, 5.41) is 4.75. The van der Waals surface area contributed by atoms with E-state index in [0.29, 0.717) is 16.8 Å². The Labute approximate surface area is 111 Å². The van der Waals surface area contributed by atoms with Crippen LogP contribution in [0.2, 0.25) is 5.02 Å². The molecule has 1 aliphatic carbocycles. The molecule has 0 aliphatic heterocycles. The number of carbonyl (C=O) groups excluding carboxylic acids is 1. The number of carbonyl (C=O) groups is 1. The second-order valence-corrected chi connectivity index (χ2v) is 5.31. The first-order chi connectivity index (χ1) is 8.72. The van der Waals surface area contributed by atoms with Gasteiger partial charge in [0.25, 0.3) is 5.91 Å². The molecule has 1 aromatic heterocycles. The lowest BCUT2D eigenvalue weighted by molar-refractivity contribution is 0.0933. The number of nitrogens with one attached hydrogen (secondary N) is 2. The zero-order valence-electron chi connectivity index (χ0n) is 10.0. The van der Waals surface area contributed by atoms with Crippen molar-refractivity contribution in [3.05, 3.63) is 35.0 Å². The smallest absolute Gasteiger partial charge is 0.267 e. The van der Waals surface area contributed by atoms with Gasteiger partial charge in [0, 0.05) is 22.0 Å². The van der Waals surface area contributed by atoms with Crippen LogP contribution in [0.4, 0.5) is 0 Å². The summed E-state index contributed by atoms with van der Waals surface area (Å²) in [6.45, 7) is 0. The molecule has 0 atom stereocenters. The van der Waals surface area contributed by atoms with E-state index in [2.05, 4.69) is 10.3 Å². The van der Waals surface area contributed by atoms with Crippen LogP contribution in [-0.4, -0.2) is 16.9 Å². The molecule has 1 aliphatic rings. The number of amides is 1. The minimum absolute atomic E-state index is 0.0192. The van der Waals surface area contributed by atoms with Crippen molar-refractivity contribution in [1.82, 2.24) is 10.3 Å². The number of benzene rings is 1. The molecule has 18 heavy (non-hydrogen) atoms. The van der Waals surface area contributed by atoms with Crippen LogP contribution in [-0.2, 0) is 0 Å². The van der Waals surface area contributed by atoms with Gasteiger partial charge in [0.05, 0.1) is 0 Å². The number of hydrogen-bond acceptors (Lipinski definition) is 1. The Hall–Kier alpha value is -1.48. The fourth-order valence-corrected chi connectivity index (χ4v) is 2.73. The van der Waals surface area contributed by atoms with Crippen molar-refractivity contribution >= 4 is 28.4 Å². The summed E-state index contributed by atoms with van der Waals surface area (Å²) in [4.78, 5) is 15.2. The third-order valence-electron chi connectivity index (χ3n) is 3.52. The Morgan fingerprint density at radius 2 is 2.06 bits per heavy atom. The highest BCUT2D eigenvalue weighted by Crippen LogP contribution is 2.21. The molecular weight excluding hydrogens is 248 g/mol. The molecule has 1 amide bonds. The van der Waals surface area contributed by atoms with Crippen LogP contribution in [0.15, 0.2) is 24.3 Å². The van der Waals surface area contributed by atoms with E-state index in [4.69, 9.17) is 11.6 Å². The molecule has 2 N–H and O–H groups in total. The first kappa shape index (κ1) is 11.6. The Morgan fingerprint density at radius 3 is 2.83 bits per heavy atom. The lowest BCUT2D eigenvalue weighted by Gasteiger charge is -2.10. The monoisotopic (exact) mass is 262 g/mol. The van der Waals surface area contributed by atoms with Gasteiger partial charge in [-0.15, -0.1) is 0 Å². The van der Waals surface area contributed by atoms with Crippen LogP contribution in [0.25, 0.3) is 10.9 Å². The molecule has 94 valence electrons. The van der Waals surface area contributed by atoms with Gasteiger partial charge in [0.2, 0.25) is 0 Å². The van der Waals surface area contributed by atoms with Crippen molar-refractivity contribution in [2.24, 2.45) is 0 Å². The Kier molecular flexibility index (Phi) is 3.00. The fraction of sp³-hybridized carbons (Fsp3) is 0.357. The van der Waals surface area contributed by atoms with Gasteiger partial charge in [-0.25, -0.2) is 0 Å². The second kappa shape index (κ2) is 4.65. The van der Waals surface area contributed by atoms with E-state index in [1.54, 1.807) is 0 Å². The molecule has 3 nitrogen and oxygen atoms in total. The van der Waals surface area contributed by atoms with E-state index in [9.17, 15) is 4.79 Å². The van der Waals surface area contributed by atoms with E-state index in [1.165, 1.54) is 12.8 Å². The quantitative estimate of drug-likeness (QED) is 0.855. The summed E-state index contributed by atoms with van der Waals surface area (Å²) < 4.78 is 0. The summed E-state index contributed by atoms with van der Waals surface area (Å²) in [6.07, 6.45) is 4.62. The third kappa shape index (κ3) is 2.23. The summed E-state index contributed by atoms with van der Waals surface area (Å²) >= 11 is 5.92. The minimum atomic E-state index is -0.0192. The molecule has 0 radical (unpaired) electrons. The van der Waals surface area contributed by atoms with Crippen molar-refractivity contribution in [3.8, 4) is 0 Å². The maximum atomic E-state index is 12.1. The molecule has 2 aromatic rings. The van der Waals surface area contributed by atoms with Gasteiger partial charge in [-0.2, -0.15) is 0 Å². The molecule has 0 bridgehead atoms. The number of aromatic amines is 1. The number of H-pyrrole nitrogens is 1. The highest BCUT2D eigenvalue weighted by atomic mass is 35.5. The van der Waals surface area contributed by atoms with E-state index >= 15 is 0 Å². The molecule has 0 unspecified atom stereocenters. The zero-order chi connectivity index (χ0) is 12.5. The largest absolute Gasteiger partial charge is 0.350 e. The average molecular weight is 263 g/mol. The van der Waals surface area contributed by atoms with E-state index in [0.717, 1.165) is 23.7 Å². The van der Waals surface area contributed by atoms with Gasteiger partial charge in [-0.05, 0) is 31.0 Å². The molecule has 0 saturated heterocycles. The van der Waals surface area contributed by atoms with Gasteiger partial charge in [0.15, 0.2) is 0 Å². The van der Waals surface area contributed by atoms with Gasteiger partial charge in [0.1, 0.15) is 5.69 Å². The molecule has 1 heterocycles. The summed E-state index contributed by atoms with van der Waals surface area (Å²) in [5.41, 5.74) is 1.51. The standard InChI is InChI=1S/C14H15ClN2O/c15-10-6-5-9-7-13(17-12(9)8-10)14(18)16-11-3-1-2-4-11/h5-8,11,17H,1-4H2,(H,16,18). The number of rotatable bonds is 2. The predicted octanol–water partition coefficient (Wildman–Crippen LogP) is 3.49. The van der Waals surface area contributed by atoms with Crippen LogP contribution in [0, 0.1) is 0 Å². The second-order valence-electron chi connectivity index (χ2n) is 4.87. The van der Waals surface area contributed by atoms with Crippen LogP contribution in [0.3, 0.4) is 0 Å². The number of hydrogen-bond donors (Lipinski definition) is 2. The van der Waals surface area contributed by atoms with Crippen LogP contribution >= 0.6 is 11.6 Å². The summed E-state index contributed by atoms with van der Waals surface area (Å²) in [6, 6.07) is 7.79. The molecule has 1 saturated carbocycles. The molecular formula is C14H15ClN2O. The van der Waals surface area contributed by atoms with Crippen LogP contribution < -0.4 is 5.32 Å². The normalized spacial score (nSPS) is 16.3. The number of halogens is 1. The van der Waals surface area contributed by atoms with E-state index in [1.807, 2.05) is 24.3 Å². The number of aromatic nitrogens is 1. The van der Waals surface area contributed by atoms with Crippen molar-refractivity contribution in [2.45, 2.75) is 31.7 Å². The highest BCUT2D eigenvalue weighted by Gasteiger charge is 2.18. The topological polar surface area (TPSA) is 44.9 Å². The van der Waals surface area contributed by atoms with E-state index < -0.39 is 0 Å². The fourth-order valence-electron chi connectivity index (χ4n) is 2.55. The Balaban J connectivity index is 1.82. The lowest BCUT2D eigenvalue weighted by Crippen LogP contribution is -2.32. The predicted molar refractivity (Wildman–Crippen MR) is 73.0 cm³/mol. The Morgan fingerprint density at radius 1 is 1.28 bits per heavy atom. The summed E-state index contributed by atoms with van der Waals surface area (Å²) in [5.74, 6) is -0.0192. The maximum absolute atomic E-state index is 12.1. The Bertz CT molecular complexity index is 584. The molecule has 4 heteroatoms. The maximum Gasteiger partial charge on any atom is 0.267 e. The van der Waals surface area contributed by atoms with Crippen LogP contribution in [0.1, 0.15) is 36.2 Å². The zero-order valence-corrected chi connectivity index (χ0v) is 10.8. The van der Waals surface area contributed by atoms with Crippen molar-refractivity contribution in [1.29, 1.82) is 0 Å². The lowest BCUT2D eigenvalue weighted by atomic mass is 10.2. The minimum Gasteiger partial charge on any atom is -0.350 e. The van der Waals surface area contributed by atoms with Crippen molar-refractivity contribution in [3.63, 3.8) is 0 Å². The first-order valence-corrected chi connectivity index (χ1v) is 6.69. The third-order valence-corrected chi connectivity index (χ3v) is 3.75. The average Bonchev–Trinajstić information content (AvgIpc) is 2.96. The van der Waals surface area contributed by atoms with Gasteiger partial charge < -0.3 is 10.3 Å². The molecule has 1 aromatic carbocycles. The van der Waals surface area contributed by atoms with Gasteiger partial charge in [-0.1, -0.05) is 30.5 Å². The van der Waals surface area contributed by atoms with E-state index in [-0.39, 0.29) is 5.91 Å².